The SMILES string of the molecule is OCCOc1ccc2cc([Si]3(c4ccc5cc(OCCO)ccc5c4)c4ccccc4-c4ccccc43)ccc2c1. The topological polar surface area (TPSA) is 58.9 Å². The average molecular weight is 555 g/mol. The molecule has 0 radical (unpaired) electrons. The zero-order valence-electron chi connectivity index (χ0n) is 22.6. The molecule has 0 spiro atoms. The molecular formula is C36H30O4Si. The van der Waals surface area contributed by atoms with Crippen LogP contribution in [0.2, 0.25) is 0 Å². The molecular weight excluding hydrogens is 524 g/mol. The van der Waals surface area contributed by atoms with Crippen LogP contribution >= 0.6 is 0 Å². The number of fused-ring (bicyclic) bond motifs is 5. The van der Waals surface area contributed by atoms with E-state index in [9.17, 15) is 10.2 Å². The molecule has 5 heteroatoms. The summed E-state index contributed by atoms with van der Waals surface area (Å²) in [6.07, 6.45) is 0. The number of benzene rings is 6. The lowest BCUT2D eigenvalue weighted by atomic mass is 10.1. The van der Waals surface area contributed by atoms with Gasteiger partial charge in [-0.25, -0.2) is 0 Å². The van der Waals surface area contributed by atoms with Gasteiger partial charge in [0.25, 0.3) is 0 Å². The number of aliphatic hydroxyl groups excluding tert-OH is 2. The van der Waals surface area contributed by atoms with Gasteiger partial charge in [-0.2, -0.15) is 0 Å². The van der Waals surface area contributed by atoms with Crippen LogP contribution in [0.1, 0.15) is 0 Å². The first-order valence-electron chi connectivity index (χ1n) is 14.0. The van der Waals surface area contributed by atoms with Crippen molar-refractivity contribution in [3.8, 4) is 22.6 Å². The minimum absolute atomic E-state index is 0.00727. The van der Waals surface area contributed by atoms with E-state index >= 15 is 0 Å². The Hall–Kier alpha value is -4.42. The normalized spacial score (nSPS) is 13.2. The van der Waals surface area contributed by atoms with Gasteiger partial charge in [0.05, 0.1) is 13.2 Å². The van der Waals surface area contributed by atoms with E-state index in [1.165, 1.54) is 42.6 Å². The maximum absolute atomic E-state index is 9.17. The predicted molar refractivity (Wildman–Crippen MR) is 169 cm³/mol. The lowest BCUT2D eigenvalue weighted by molar-refractivity contribution is 0.201. The minimum Gasteiger partial charge on any atom is -0.491 e. The monoisotopic (exact) mass is 554 g/mol. The van der Waals surface area contributed by atoms with Gasteiger partial charge in [-0.1, -0.05) is 97.1 Å². The van der Waals surface area contributed by atoms with Crippen LogP contribution < -0.4 is 30.2 Å². The maximum atomic E-state index is 9.17. The van der Waals surface area contributed by atoms with Crippen molar-refractivity contribution in [1.82, 2.24) is 0 Å². The third-order valence-corrected chi connectivity index (χ3v) is 13.0. The Bertz CT molecular complexity index is 1760. The van der Waals surface area contributed by atoms with E-state index in [0.717, 1.165) is 22.3 Å². The average Bonchev–Trinajstić information content (AvgIpc) is 3.33. The van der Waals surface area contributed by atoms with Crippen molar-refractivity contribution in [2.45, 2.75) is 0 Å². The Morgan fingerprint density at radius 1 is 0.463 bits per heavy atom. The highest BCUT2D eigenvalue weighted by molar-refractivity contribution is 7.22. The van der Waals surface area contributed by atoms with Crippen molar-refractivity contribution >= 4 is 50.4 Å². The van der Waals surface area contributed by atoms with E-state index in [1.807, 2.05) is 24.3 Å². The van der Waals surface area contributed by atoms with Gasteiger partial charge >= 0.3 is 0 Å². The van der Waals surface area contributed by atoms with E-state index in [2.05, 4.69) is 97.1 Å². The van der Waals surface area contributed by atoms with Crippen molar-refractivity contribution in [2.24, 2.45) is 0 Å². The molecule has 1 aliphatic heterocycles. The second-order valence-corrected chi connectivity index (χ2v) is 14.2. The summed E-state index contributed by atoms with van der Waals surface area (Å²) >= 11 is 0. The molecule has 2 N–H and O–H groups in total. The van der Waals surface area contributed by atoms with Crippen molar-refractivity contribution in [2.75, 3.05) is 26.4 Å². The Labute approximate surface area is 240 Å². The molecule has 6 aromatic rings. The Balaban J connectivity index is 1.47. The first-order chi connectivity index (χ1) is 20.2. The second kappa shape index (κ2) is 10.5. The largest absolute Gasteiger partial charge is 0.491 e. The molecule has 1 aliphatic rings. The van der Waals surface area contributed by atoms with Crippen LogP contribution in [0.4, 0.5) is 0 Å². The maximum Gasteiger partial charge on any atom is 0.180 e. The molecule has 0 aliphatic carbocycles. The fourth-order valence-corrected chi connectivity index (χ4v) is 11.7. The van der Waals surface area contributed by atoms with Crippen LogP contribution in [-0.4, -0.2) is 44.7 Å². The summed E-state index contributed by atoms with van der Waals surface area (Å²) < 4.78 is 11.4. The summed E-state index contributed by atoms with van der Waals surface area (Å²) in [5.41, 5.74) is 2.63. The summed E-state index contributed by atoms with van der Waals surface area (Å²) in [7, 11) is -2.66. The lowest BCUT2D eigenvalue weighted by Gasteiger charge is -2.32. The van der Waals surface area contributed by atoms with Crippen LogP contribution in [0.25, 0.3) is 32.7 Å². The summed E-state index contributed by atoms with van der Waals surface area (Å²) in [5, 5.41) is 28.4. The van der Waals surface area contributed by atoms with Gasteiger partial charge in [-0.15, -0.1) is 0 Å². The molecule has 41 heavy (non-hydrogen) atoms. The van der Waals surface area contributed by atoms with Crippen LogP contribution in [0.15, 0.2) is 121 Å². The molecule has 0 amide bonds. The van der Waals surface area contributed by atoms with Gasteiger partial charge in [0.1, 0.15) is 24.7 Å². The Kier molecular flexibility index (Phi) is 6.55. The third-order valence-electron chi connectivity index (χ3n) is 8.16. The number of hydrogen-bond acceptors (Lipinski definition) is 4. The van der Waals surface area contributed by atoms with Gasteiger partial charge in [0.2, 0.25) is 0 Å². The first kappa shape index (κ1) is 25.5. The highest BCUT2D eigenvalue weighted by atomic mass is 28.3. The van der Waals surface area contributed by atoms with Gasteiger partial charge < -0.3 is 19.7 Å². The molecule has 0 unspecified atom stereocenters. The number of hydrogen-bond donors (Lipinski definition) is 2. The molecule has 7 rings (SSSR count). The molecule has 202 valence electrons. The standard InChI is InChI=1S/C36H30O4Si/c37-17-19-39-29-13-9-27-23-31(15-11-25(27)21-29)41(35-7-3-1-5-33(35)34-6-2-4-8-36(34)41)32-16-12-26-22-30(40-20-18-38)14-10-28(26)24-32/h1-16,21-24,37-38H,17-20H2. The number of rotatable bonds is 8. The summed E-state index contributed by atoms with van der Waals surface area (Å²) in [5.74, 6) is 1.53. The summed E-state index contributed by atoms with van der Waals surface area (Å²) in [6.45, 7) is 0.549. The fourth-order valence-electron chi connectivity index (χ4n) is 6.44. The van der Waals surface area contributed by atoms with Crippen LogP contribution in [0.5, 0.6) is 11.5 Å². The molecule has 0 fully saturated rings. The smallest absolute Gasteiger partial charge is 0.180 e. The van der Waals surface area contributed by atoms with Crippen molar-refractivity contribution in [3.63, 3.8) is 0 Å². The summed E-state index contributed by atoms with van der Waals surface area (Å²) in [6, 6.07) is 43.9. The molecule has 6 aromatic carbocycles. The number of ether oxygens (including phenoxy) is 2. The summed E-state index contributed by atoms with van der Waals surface area (Å²) in [4.78, 5) is 0. The van der Waals surface area contributed by atoms with Crippen LogP contribution in [0.3, 0.4) is 0 Å². The first-order valence-corrected chi connectivity index (χ1v) is 16.0. The van der Waals surface area contributed by atoms with Crippen molar-refractivity contribution < 1.29 is 19.7 Å². The zero-order chi connectivity index (χ0) is 27.8. The second-order valence-electron chi connectivity index (χ2n) is 10.4. The molecule has 1 heterocycles. The minimum atomic E-state index is -2.66. The highest BCUT2D eigenvalue weighted by Crippen LogP contribution is 2.30. The highest BCUT2D eigenvalue weighted by Gasteiger charge is 2.48. The quantitative estimate of drug-likeness (QED) is 0.278. The van der Waals surface area contributed by atoms with Gasteiger partial charge in [0.15, 0.2) is 8.07 Å². The molecule has 0 atom stereocenters. The van der Waals surface area contributed by atoms with Gasteiger partial charge in [-0.3, -0.25) is 0 Å². The molecule has 4 nitrogen and oxygen atoms in total. The predicted octanol–water partition coefficient (Wildman–Crippen LogP) is 4.09. The Morgan fingerprint density at radius 2 is 0.878 bits per heavy atom. The van der Waals surface area contributed by atoms with Crippen molar-refractivity contribution in [3.05, 3.63) is 121 Å². The molecule has 0 bridgehead atoms. The van der Waals surface area contributed by atoms with Crippen LogP contribution in [-0.2, 0) is 0 Å². The van der Waals surface area contributed by atoms with Gasteiger partial charge in [0, 0.05) is 0 Å². The van der Waals surface area contributed by atoms with Gasteiger partial charge in [-0.05, 0) is 77.7 Å². The third kappa shape index (κ3) is 4.21. The van der Waals surface area contributed by atoms with E-state index in [0.29, 0.717) is 0 Å². The molecule has 0 aromatic heterocycles. The van der Waals surface area contributed by atoms with Crippen LogP contribution in [0, 0.1) is 0 Å². The Morgan fingerprint density at radius 3 is 1.34 bits per heavy atom. The molecule has 0 saturated carbocycles. The fraction of sp³-hybridized carbons (Fsp3) is 0.111. The zero-order valence-corrected chi connectivity index (χ0v) is 23.6. The van der Waals surface area contributed by atoms with E-state index in [1.54, 1.807) is 0 Å². The van der Waals surface area contributed by atoms with E-state index in [-0.39, 0.29) is 26.4 Å². The molecule has 0 saturated heterocycles. The van der Waals surface area contributed by atoms with E-state index < -0.39 is 8.07 Å². The lowest BCUT2D eigenvalue weighted by Crippen LogP contribution is -2.72. The number of aliphatic hydroxyl groups is 2. The van der Waals surface area contributed by atoms with E-state index in [4.69, 9.17) is 9.47 Å². The van der Waals surface area contributed by atoms with Crippen molar-refractivity contribution in [1.29, 1.82) is 0 Å².